The van der Waals surface area contributed by atoms with Gasteiger partial charge in [0.1, 0.15) is 29.2 Å². The third kappa shape index (κ3) is 7.42. The van der Waals surface area contributed by atoms with Crippen LogP contribution in [0.3, 0.4) is 0 Å². The number of halogens is 6. The molecule has 6 atom stereocenters. The standard InChI is InChI=1S/C11H11Cl2FN2O5.C11H11ClF2N2O5/c12-9(13)8(14)4-2-16(11(20)15-10(4)19)7-1-5(18)6(3-17)21-7;12-9(14)8(13)4-2-16(11(20)15-10(4)19)7-1-5(18)6(3-17)21-7/h2*2,5-7,17-18H,1,3H2,(H,15,19,20)/b;9-8+/t2*5-,6+,7+/m00/s1. The summed E-state index contributed by atoms with van der Waals surface area (Å²) in [5, 5.41) is 35.5. The lowest BCUT2D eigenvalue weighted by Gasteiger charge is -2.15. The minimum atomic E-state index is -1.73. The van der Waals surface area contributed by atoms with E-state index in [4.69, 9.17) is 54.5 Å². The van der Waals surface area contributed by atoms with Crippen molar-refractivity contribution in [1.82, 2.24) is 19.1 Å². The Morgan fingerprint density at radius 3 is 1.48 bits per heavy atom. The first-order chi connectivity index (χ1) is 19.7. The highest BCUT2D eigenvalue weighted by molar-refractivity contribution is 6.58. The minimum Gasteiger partial charge on any atom is -0.394 e. The van der Waals surface area contributed by atoms with Crippen LogP contribution in [0.15, 0.2) is 41.3 Å². The van der Waals surface area contributed by atoms with Crippen LogP contribution in [-0.2, 0) is 9.47 Å². The van der Waals surface area contributed by atoms with Gasteiger partial charge in [-0.25, -0.2) is 18.4 Å². The van der Waals surface area contributed by atoms with Gasteiger partial charge in [-0.15, -0.1) is 0 Å². The van der Waals surface area contributed by atoms with Gasteiger partial charge < -0.3 is 29.9 Å². The van der Waals surface area contributed by atoms with Crippen molar-refractivity contribution in [2.45, 2.75) is 49.7 Å². The second-order valence-electron chi connectivity index (χ2n) is 8.80. The smallest absolute Gasteiger partial charge is 0.330 e. The maximum atomic E-state index is 13.7. The molecule has 4 rings (SSSR count). The molecule has 0 spiro atoms. The lowest BCUT2D eigenvalue weighted by Crippen LogP contribution is -2.34. The number of aliphatic hydroxyl groups is 4. The van der Waals surface area contributed by atoms with E-state index in [0.717, 1.165) is 21.5 Å². The van der Waals surface area contributed by atoms with E-state index in [9.17, 15) is 42.6 Å². The lowest BCUT2D eigenvalue weighted by molar-refractivity contribution is -0.0459. The van der Waals surface area contributed by atoms with E-state index in [2.05, 4.69) is 0 Å². The molecule has 2 saturated heterocycles. The van der Waals surface area contributed by atoms with E-state index < -0.39 is 105 Å². The predicted molar refractivity (Wildman–Crippen MR) is 141 cm³/mol. The van der Waals surface area contributed by atoms with Crippen molar-refractivity contribution in [3.63, 3.8) is 0 Å². The van der Waals surface area contributed by atoms with Crippen LogP contribution in [0.2, 0.25) is 0 Å². The highest BCUT2D eigenvalue weighted by Gasteiger charge is 2.36. The van der Waals surface area contributed by atoms with Gasteiger partial charge in [0, 0.05) is 25.2 Å². The van der Waals surface area contributed by atoms with Gasteiger partial charge in [-0.2, -0.15) is 4.39 Å². The van der Waals surface area contributed by atoms with E-state index in [0.29, 0.717) is 0 Å². The van der Waals surface area contributed by atoms with E-state index in [1.165, 1.54) is 0 Å². The van der Waals surface area contributed by atoms with Crippen LogP contribution in [0.1, 0.15) is 36.4 Å². The van der Waals surface area contributed by atoms with Gasteiger partial charge in [0.15, 0.2) is 11.7 Å². The monoisotopic (exact) mass is 664 g/mol. The average Bonchev–Trinajstić information content (AvgIpc) is 3.49. The number of aromatic nitrogens is 4. The highest BCUT2D eigenvalue weighted by Crippen LogP contribution is 2.30. The topological polar surface area (TPSA) is 209 Å². The van der Waals surface area contributed by atoms with E-state index in [-0.39, 0.29) is 12.8 Å². The van der Waals surface area contributed by atoms with Crippen LogP contribution < -0.4 is 22.5 Å². The molecule has 232 valence electrons. The molecule has 6 N–H and O–H groups in total. The quantitative estimate of drug-likeness (QED) is 0.248. The molecule has 0 saturated carbocycles. The van der Waals surface area contributed by atoms with E-state index >= 15 is 0 Å². The van der Waals surface area contributed by atoms with E-state index in [1.54, 1.807) is 4.98 Å². The van der Waals surface area contributed by atoms with Crippen LogP contribution in [0.5, 0.6) is 0 Å². The number of nitrogens with zero attached hydrogens (tertiary/aromatic N) is 2. The first-order valence-electron chi connectivity index (χ1n) is 11.7. The molecule has 2 aliphatic heterocycles. The number of H-pyrrole nitrogens is 2. The van der Waals surface area contributed by atoms with Crippen molar-refractivity contribution in [2.75, 3.05) is 13.2 Å². The molecule has 20 heteroatoms. The summed E-state index contributed by atoms with van der Waals surface area (Å²) in [6, 6.07) is 0. The molecule has 4 heterocycles. The summed E-state index contributed by atoms with van der Waals surface area (Å²) < 4.78 is 51.2. The number of ether oxygens (including phenoxy) is 2. The maximum absolute atomic E-state index is 13.7. The molecule has 2 fully saturated rings. The normalized spacial score (nSPS) is 26.0. The Labute approximate surface area is 246 Å². The molecular weight excluding hydrogens is 644 g/mol. The van der Waals surface area contributed by atoms with Gasteiger partial charge in [-0.3, -0.25) is 28.7 Å². The Morgan fingerprint density at radius 2 is 1.17 bits per heavy atom. The maximum Gasteiger partial charge on any atom is 0.330 e. The predicted octanol–water partition coefficient (Wildman–Crippen LogP) is 0.232. The fourth-order valence-corrected chi connectivity index (χ4v) is 4.32. The average molecular weight is 666 g/mol. The summed E-state index contributed by atoms with van der Waals surface area (Å²) in [4.78, 5) is 50.1. The Morgan fingerprint density at radius 1 is 0.786 bits per heavy atom. The second kappa shape index (κ2) is 14.2. The van der Waals surface area contributed by atoms with Gasteiger partial charge in [-0.05, 0) is 11.6 Å². The Hall–Kier alpha value is -2.74. The molecule has 0 radical (unpaired) electrons. The van der Waals surface area contributed by atoms with Crippen molar-refractivity contribution >= 4 is 46.5 Å². The van der Waals surface area contributed by atoms with Crippen LogP contribution in [0.25, 0.3) is 11.7 Å². The zero-order valence-corrected chi connectivity index (χ0v) is 23.1. The van der Waals surface area contributed by atoms with Gasteiger partial charge in [-0.1, -0.05) is 23.2 Å². The van der Waals surface area contributed by atoms with Gasteiger partial charge in [0.25, 0.3) is 11.1 Å². The molecule has 0 bridgehead atoms. The molecule has 2 aliphatic rings. The fraction of sp³-hybridized carbons (Fsp3) is 0.455. The summed E-state index contributed by atoms with van der Waals surface area (Å²) >= 11 is 15.4. The van der Waals surface area contributed by atoms with Crippen LogP contribution in [0.4, 0.5) is 13.2 Å². The summed E-state index contributed by atoms with van der Waals surface area (Å²) in [7, 11) is 0. The number of hydrogen-bond acceptors (Lipinski definition) is 10. The summed E-state index contributed by atoms with van der Waals surface area (Å²) in [6.07, 6.45) is -4.22. The molecule has 0 aromatic carbocycles. The Kier molecular flexibility index (Phi) is 11.4. The van der Waals surface area contributed by atoms with Crippen LogP contribution >= 0.6 is 34.8 Å². The number of hydrogen-bond donors (Lipinski definition) is 6. The molecule has 2 aromatic heterocycles. The van der Waals surface area contributed by atoms with Crippen LogP contribution in [-0.4, -0.2) is 77.2 Å². The highest BCUT2D eigenvalue weighted by atomic mass is 35.5. The van der Waals surface area contributed by atoms with Gasteiger partial charge in [0.05, 0.1) is 36.5 Å². The molecule has 0 aliphatic carbocycles. The van der Waals surface area contributed by atoms with Gasteiger partial charge >= 0.3 is 11.4 Å². The minimum absolute atomic E-state index is 0.00342. The molecular formula is C22H22Cl3F3N4O10. The van der Waals surface area contributed by atoms with Crippen molar-refractivity contribution in [2.24, 2.45) is 0 Å². The molecule has 0 unspecified atom stereocenters. The van der Waals surface area contributed by atoms with Gasteiger partial charge in [0.2, 0.25) is 5.29 Å². The SMILES string of the molecule is O=c1[nH]c(=O)n([C@H]2C[C@H](O)[C@@H](CO)O2)cc1/C(F)=C(\F)Cl.O=c1[nH]c(=O)n([C@H]2C[C@H](O)[C@@H](CO)O2)cc1C(F)=C(Cl)Cl. The summed E-state index contributed by atoms with van der Waals surface area (Å²) in [5.41, 5.74) is -5.25. The molecule has 2 aromatic rings. The molecule has 0 amide bonds. The van der Waals surface area contributed by atoms with Crippen molar-refractivity contribution < 1.29 is 43.1 Å². The summed E-state index contributed by atoms with van der Waals surface area (Å²) in [5.74, 6) is -2.81. The van der Waals surface area contributed by atoms with Crippen LogP contribution in [0, 0.1) is 0 Å². The number of rotatable bonds is 6. The molecule has 42 heavy (non-hydrogen) atoms. The third-order valence-corrected chi connectivity index (χ3v) is 6.63. The zero-order valence-electron chi connectivity index (χ0n) is 20.8. The van der Waals surface area contributed by atoms with Crippen molar-refractivity contribution in [1.29, 1.82) is 0 Å². The lowest BCUT2D eigenvalue weighted by atomic mass is 10.2. The van der Waals surface area contributed by atoms with Crippen molar-refractivity contribution in [3.8, 4) is 0 Å². The largest absolute Gasteiger partial charge is 0.394 e. The first kappa shape index (κ1) is 33.8. The fourth-order valence-electron chi connectivity index (χ4n) is 4.02. The second-order valence-corrected chi connectivity index (χ2v) is 10.1. The van der Waals surface area contributed by atoms with Crippen molar-refractivity contribution in [3.05, 3.63) is 75.0 Å². The first-order valence-corrected chi connectivity index (χ1v) is 12.8. The number of nitrogens with one attached hydrogen (secondary N) is 2. The number of aliphatic hydroxyl groups excluding tert-OH is 4. The Bertz CT molecular complexity index is 1480. The van der Waals surface area contributed by atoms with E-state index in [1.807, 2.05) is 4.98 Å². The summed E-state index contributed by atoms with van der Waals surface area (Å²) in [6.45, 7) is -0.919. The number of aromatic amines is 2. The third-order valence-electron chi connectivity index (χ3n) is 6.13. The zero-order chi connectivity index (χ0) is 31.5. The molecule has 14 nitrogen and oxygen atoms in total. The Balaban J connectivity index is 0.000000230.